The van der Waals surface area contributed by atoms with Crippen molar-refractivity contribution in [2.75, 3.05) is 120 Å². The van der Waals surface area contributed by atoms with Crippen LogP contribution in [0.4, 0.5) is 36.1 Å². The molecule has 0 bridgehead atoms. The van der Waals surface area contributed by atoms with Crippen LogP contribution in [-0.4, -0.2) is 215 Å². The molecule has 3 aliphatic heterocycles. The average Bonchev–Trinajstić information content (AvgIpc) is 1.60. The number of aromatic amines is 3. The number of para-hydroxylation sites is 3. The van der Waals surface area contributed by atoms with Gasteiger partial charge in [-0.05, 0) is 110 Å². The van der Waals surface area contributed by atoms with E-state index >= 15 is 0 Å². The number of rotatable bonds is 21. The molecule has 3 saturated heterocycles. The molecule has 6 aromatic heterocycles. The molecule has 6 aromatic carbocycles. The molecule has 0 unspecified atom stereocenters. The van der Waals surface area contributed by atoms with Crippen LogP contribution in [-0.2, 0) is 34.0 Å². The maximum absolute atomic E-state index is 12.5. The first-order chi connectivity index (χ1) is 60.3. The van der Waals surface area contributed by atoms with Crippen molar-refractivity contribution in [3.63, 3.8) is 0 Å². The second kappa shape index (κ2) is 43.6. The SMILES string of the molecule is CSF.O=C(OCc1ccccc1)N1CCN(C[C@@H]2CCC[C@H](Nc3ncc(Cl)c(-c4c[nH]c5ccccc45)n3)C2)CC1.O=C(OCc1ccccc1)N1CCN(C[C@H]2CCC[C@@H](Nc3ncc(Cl)c(-c4c[nH]c5ccccc45)n3)C2)CC1.O=C(OCc1ccccc1)N1CCN(C[C@H]2CCC[C@@H](Nc3ncc(Cl)c(-c4c[nH]c5ccccc45)n3)C2)CC1. The number of benzene rings is 6. The minimum Gasteiger partial charge on any atom is -0.445 e. The van der Waals surface area contributed by atoms with Crippen LogP contribution in [0.2, 0.25) is 15.1 Å². The van der Waals surface area contributed by atoms with E-state index in [9.17, 15) is 18.3 Å². The highest BCUT2D eigenvalue weighted by molar-refractivity contribution is 7.93. The molecular formula is C94H108Cl3FN18O6S. The van der Waals surface area contributed by atoms with E-state index in [0.717, 1.165) is 181 Å². The van der Waals surface area contributed by atoms with Gasteiger partial charge in [0.15, 0.2) is 0 Å². The highest BCUT2D eigenvalue weighted by atomic mass is 35.5. The molecule has 9 heterocycles. The predicted octanol–water partition coefficient (Wildman–Crippen LogP) is 19.8. The molecular weight excluding hydrogens is 1630 g/mol. The van der Waals surface area contributed by atoms with E-state index in [2.05, 4.69) is 78.8 Å². The molecule has 12 aromatic rings. The lowest BCUT2D eigenvalue weighted by atomic mass is 9.85. The summed E-state index contributed by atoms with van der Waals surface area (Å²) in [4.78, 5) is 88.4. The molecule has 29 heteroatoms. The molecule has 18 rings (SSSR count). The Morgan fingerprint density at radius 3 is 0.927 bits per heavy atom. The van der Waals surface area contributed by atoms with Crippen LogP contribution < -0.4 is 16.0 Å². The van der Waals surface area contributed by atoms with E-state index in [1.165, 1.54) is 44.8 Å². The average molecular weight is 1740 g/mol. The lowest BCUT2D eigenvalue weighted by Gasteiger charge is -2.38. The molecule has 3 saturated carbocycles. The molecule has 24 nitrogen and oxygen atoms in total. The van der Waals surface area contributed by atoms with E-state index in [1.54, 1.807) is 18.6 Å². The minimum absolute atomic E-state index is 0.222. The summed E-state index contributed by atoms with van der Waals surface area (Å²) < 4.78 is 26.8. The molecule has 6 N–H and O–H groups in total. The summed E-state index contributed by atoms with van der Waals surface area (Å²) in [6, 6.07) is 54.9. The van der Waals surface area contributed by atoms with E-state index in [-0.39, 0.29) is 30.4 Å². The van der Waals surface area contributed by atoms with Crippen LogP contribution in [0.3, 0.4) is 0 Å². The summed E-state index contributed by atoms with van der Waals surface area (Å²) in [5, 5.41) is 15.7. The van der Waals surface area contributed by atoms with Crippen molar-refractivity contribution >= 4 is 116 Å². The molecule has 0 spiro atoms. The van der Waals surface area contributed by atoms with Crippen LogP contribution in [0.5, 0.6) is 0 Å². The van der Waals surface area contributed by atoms with Crippen molar-refractivity contribution in [1.29, 1.82) is 0 Å². The zero-order chi connectivity index (χ0) is 84.6. The summed E-state index contributed by atoms with van der Waals surface area (Å²) in [5.41, 5.74) is 11.4. The first kappa shape index (κ1) is 87.3. The third-order valence-electron chi connectivity index (χ3n) is 24.2. The molecule has 3 amide bonds. The lowest BCUT2D eigenvalue weighted by Crippen LogP contribution is -2.50. The van der Waals surface area contributed by atoms with Crippen LogP contribution in [0.1, 0.15) is 93.7 Å². The zero-order valence-electron chi connectivity index (χ0n) is 69.5. The summed E-state index contributed by atoms with van der Waals surface area (Å²) in [5.74, 6) is 3.67. The summed E-state index contributed by atoms with van der Waals surface area (Å²) in [6.07, 6.45) is 25.4. The Morgan fingerprint density at radius 2 is 0.650 bits per heavy atom. The van der Waals surface area contributed by atoms with Gasteiger partial charge < -0.3 is 59.8 Å². The third kappa shape index (κ3) is 24.1. The summed E-state index contributed by atoms with van der Waals surface area (Å²) in [7, 11) is 0. The van der Waals surface area contributed by atoms with Gasteiger partial charge in [0.05, 0.1) is 50.7 Å². The van der Waals surface area contributed by atoms with E-state index < -0.39 is 0 Å². The van der Waals surface area contributed by atoms with Gasteiger partial charge in [-0.2, -0.15) is 3.89 Å². The fourth-order valence-electron chi connectivity index (χ4n) is 17.9. The number of hydrogen-bond acceptors (Lipinski definition) is 19. The quantitative estimate of drug-likeness (QED) is 0.0365. The van der Waals surface area contributed by atoms with Crippen molar-refractivity contribution in [3.8, 4) is 33.8 Å². The molecule has 6 aliphatic rings. The second-order valence-electron chi connectivity index (χ2n) is 32.7. The van der Waals surface area contributed by atoms with Gasteiger partial charge >= 0.3 is 18.3 Å². The Balaban J connectivity index is 0.000000141. The van der Waals surface area contributed by atoms with E-state index in [0.29, 0.717) is 128 Å². The molecule has 6 atom stereocenters. The summed E-state index contributed by atoms with van der Waals surface area (Å²) >= 11 is 19.8. The predicted molar refractivity (Wildman–Crippen MR) is 490 cm³/mol. The first-order valence-corrected chi connectivity index (χ1v) is 45.3. The van der Waals surface area contributed by atoms with E-state index in [1.807, 2.05) is 179 Å². The number of nitrogens with one attached hydrogen (secondary N) is 6. The minimum atomic E-state index is -0.222. The number of nitrogens with zero attached hydrogens (tertiary/aromatic N) is 12. The standard InChI is InChI=1S/3C31H35ClN6O2.CH3FS/c3*32-27-19-34-30(36-29(27)26-18-33-28-12-5-4-11-25(26)28)35-24-10-6-9-23(17-24)20-37-13-15-38(16-14-37)31(39)40-21-22-7-2-1-3-8-22;1-3-2/h3*1-5,7-8,11-12,18-19,23-24,33H,6,9-10,13-17,20-21H2,(H,34,35,36);1H3/t3*23-,24+;/m100./s1. The molecule has 3 aliphatic carbocycles. The molecule has 6 fully saturated rings. The number of amides is 3. The van der Waals surface area contributed by atoms with Gasteiger partial charge in [-0.15, -0.1) is 0 Å². The van der Waals surface area contributed by atoms with Crippen molar-refractivity contribution < 1.29 is 32.5 Å². The monoisotopic (exact) mass is 1740 g/mol. The molecule has 644 valence electrons. The van der Waals surface area contributed by atoms with Gasteiger partial charge in [0.2, 0.25) is 17.8 Å². The molecule has 123 heavy (non-hydrogen) atoms. The first-order valence-electron chi connectivity index (χ1n) is 43.0. The van der Waals surface area contributed by atoms with Crippen LogP contribution in [0.25, 0.3) is 66.5 Å². The fraction of sp³-hybridized carbons (Fsp3) is 0.394. The topological polar surface area (TPSA) is 259 Å². The number of halogens is 4. The largest absolute Gasteiger partial charge is 0.445 e. The number of H-pyrrole nitrogens is 3. The summed E-state index contributed by atoms with van der Waals surface area (Å²) in [6.45, 7) is 13.6. The number of ether oxygens (including phenoxy) is 3. The number of aromatic nitrogens is 9. The van der Waals surface area contributed by atoms with Gasteiger partial charge in [0.25, 0.3) is 0 Å². The highest BCUT2D eigenvalue weighted by Crippen LogP contribution is 2.38. The number of carbonyl (C=O) groups is 3. The van der Waals surface area contributed by atoms with Gasteiger partial charge in [-0.3, -0.25) is 14.7 Å². The zero-order valence-corrected chi connectivity index (χ0v) is 72.6. The van der Waals surface area contributed by atoms with Crippen LogP contribution in [0.15, 0.2) is 201 Å². The fourth-order valence-corrected chi connectivity index (χ4v) is 18.4. The van der Waals surface area contributed by atoms with Crippen molar-refractivity contribution in [2.45, 2.75) is 115 Å². The Morgan fingerprint density at radius 1 is 0.390 bits per heavy atom. The van der Waals surface area contributed by atoms with Gasteiger partial charge in [0, 0.05) is 203 Å². The Labute approximate surface area is 737 Å². The maximum Gasteiger partial charge on any atom is 0.410 e. The van der Waals surface area contributed by atoms with Gasteiger partial charge in [-0.1, -0.05) is 200 Å². The Kier molecular flexibility index (Phi) is 31.0. The van der Waals surface area contributed by atoms with Crippen LogP contribution in [0, 0.1) is 17.8 Å². The number of anilines is 3. The van der Waals surface area contributed by atoms with Crippen molar-refractivity contribution in [3.05, 3.63) is 233 Å². The lowest BCUT2D eigenvalue weighted by molar-refractivity contribution is 0.0651. The number of hydrogen-bond donors (Lipinski definition) is 6. The van der Waals surface area contributed by atoms with Crippen molar-refractivity contribution in [1.82, 2.24) is 74.3 Å². The molecule has 0 radical (unpaired) electrons. The maximum atomic E-state index is 12.5. The normalized spacial score (nSPS) is 19.6. The Hall–Kier alpha value is -10.6. The number of carbonyl (C=O) groups excluding carboxylic acids is 3. The van der Waals surface area contributed by atoms with Crippen LogP contribution >= 0.6 is 47.0 Å². The Bertz CT molecular complexity index is 4870. The van der Waals surface area contributed by atoms with Gasteiger partial charge in [-0.25, -0.2) is 44.3 Å². The van der Waals surface area contributed by atoms with Crippen molar-refractivity contribution in [2.24, 2.45) is 17.8 Å². The second-order valence-corrected chi connectivity index (χ2v) is 34.2. The third-order valence-corrected chi connectivity index (χ3v) is 25.0. The van der Waals surface area contributed by atoms with Gasteiger partial charge in [0.1, 0.15) is 19.8 Å². The number of piperazine rings is 3. The smallest absolute Gasteiger partial charge is 0.410 e. The number of fused-ring (bicyclic) bond motifs is 3. The van der Waals surface area contributed by atoms with E-state index in [4.69, 9.17) is 64.0 Å². The highest BCUT2D eigenvalue weighted by Gasteiger charge is 2.33.